The summed E-state index contributed by atoms with van der Waals surface area (Å²) in [6.07, 6.45) is 2.40. The molecule has 1 aromatic carbocycles. The molecule has 10 nitrogen and oxygen atoms in total. The standard InChI is InChI=1S/C27H34N4O6/c1-27(2,3)37-26(35)30-14-12-19(13-15-30)36-16-6-5-7-18-8-9-20-22(17-18)29(4)25(34)31(20)21-10-11-23(32)28-24(21)33/h8-9,17,19,21H,6,10-16H2,1-4H3,(H,28,32,33). The molecule has 2 aromatic rings. The summed E-state index contributed by atoms with van der Waals surface area (Å²) in [4.78, 5) is 50.6. The summed E-state index contributed by atoms with van der Waals surface area (Å²) in [6, 6.07) is 4.74. The van der Waals surface area contributed by atoms with E-state index < -0.39 is 17.6 Å². The van der Waals surface area contributed by atoms with E-state index in [1.54, 1.807) is 18.0 Å². The van der Waals surface area contributed by atoms with Gasteiger partial charge in [-0.25, -0.2) is 9.59 Å². The Morgan fingerprint density at radius 2 is 1.84 bits per heavy atom. The first kappa shape index (κ1) is 26.5. The van der Waals surface area contributed by atoms with Crippen molar-refractivity contribution in [1.29, 1.82) is 0 Å². The fourth-order valence-electron chi connectivity index (χ4n) is 4.64. The first-order valence-corrected chi connectivity index (χ1v) is 12.7. The van der Waals surface area contributed by atoms with Gasteiger partial charge in [-0.1, -0.05) is 11.8 Å². The second-order valence-corrected chi connectivity index (χ2v) is 10.5. The maximum atomic E-state index is 12.9. The van der Waals surface area contributed by atoms with Crippen LogP contribution in [-0.4, -0.2) is 63.3 Å². The van der Waals surface area contributed by atoms with Crippen molar-refractivity contribution < 1.29 is 23.9 Å². The number of piperidine rings is 2. The highest BCUT2D eigenvalue weighted by Crippen LogP contribution is 2.23. The lowest BCUT2D eigenvalue weighted by molar-refractivity contribution is -0.135. The van der Waals surface area contributed by atoms with E-state index in [1.807, 2.05) is 32.9 Å². The van der Waals surface area contributed by atoms with Crippen LogP contribution in [0.15, 0.2) is 23.0 Å². The zero-order valence-corrected chi connectivity index (χ0v) is 21.8. The number of likely N-dealkylation sites (tertiary alicyclic amines) is 1. The van der Waals surface area contributed by atoms with Crippen molar-refractivity contribution in [2.45, 2.75) is 70.6 Å². The Kier molecular flexibility index (Phi) is 7.73. The molecule has 2 aliphatic rings. The Bertz CT molecular complexity index is 1310. The van der Waals surface area contributed by atoms with E-state index in [4.69, 9.17) is 9.47 Å². The number of benzene rings is 1. The molecule has 2 fully saturated rings. The number of nitrogens with one attached hydrogen (secondary N) is 1. The van der Waals surface area contributed by atoms with Crippen molar-refractivity contribution in [1.82, 2.24) is 19.4 Å². The average molecular weight is 511 g/mol. The fraction of sp³-hybridized carbons (Fsp3) is 0.556. The van der Waals surface area contributed by atoms with Crippen molar-refractivity contribution in [2.75, 3.05) is 19.7 Å². The van der Waals surface area contributed by atoms with Crippen molar-refractivity contribution in [3.63, 3.8) is 0 Å². The lowest BCUT2D eigenvalue weighted by Gasteiger charge is -2.33. The molecule has 10 heteroatoms. The summed E-state index contributed by atoms with van der Waals surface area (Å²) in [5.41, 5.74) is 1.26. The van der Waals surface area contributed by atoms with Gasteiger partial charge in [0.2, 0.25) is 11.8 Å². The second kappa shape index (κ2) is 10.8. The quantitative estimate of drug-likeness (QED) is 0.384. The van der Waals surface area contributed by atoms with E-state index in [0.29, 0.717) is 43.6 Å². The van der Waals surface area contributed by atoms with E-state index in [1.165, 1.54) is 9.13 Å². The summed E-state index contributed by atoms with van der Waals surface area (Å²) in [5, 5.41) is 2.31. The number of aromatic nitrogens is 2. The third-order valence-corrected chi connectivity index (χ3v) is 6.52. The number of carbonyl (C=O) groups is 3. The van der Waals surface area contributed by atoms with Gasteiger partial charge >= 0.3 is 11.8 Å². The average Bonchev–Trinajstić information content (AvgIpc) is 3.08. The van der Waals surface area contributed by atoms with Gasteiger partial charge in [-0.3, -0.25) is 24.0 Å². The zero-order chi connectivity index (χ0) is 26.7. The van der Waals surface area contributed by atoms with Gasteiger partial charge in [-0.2, -0.15) is 0 Å². The van der Waals surface area contributed by atoms with Crippen LogP contribution in [-0.2, 0) is 26.1 Å². The summed E-state index contributed by atoms with van der Waals surface area (Å²) >= 11 is 0. The molecule has 3 amide bonds. The highest BCUT2D eigenvalue weighted by atomic mass is 16.6. The Labute approximate surface area is 215 Å². The lowest BCUT2D eigenvalue weighted by atomic mass is 10.1. The number of aryl methyl sites for hydroxylation is 1. The first-order valence-electron chi connectivity index (χ1n) is 12.7. The van der Waals surface area contributed by atoms with Crippen molar-refractivity contribution in [3.8, 4) is 11.8 Å². The molecule has 0 bridgehead atoms. The maximum absolute atomic E-state index is 12.9. The molecule has 1 unspecified atom stereocenters. The molecule has 2 aliphatic heterocycles. The maximum Gasteiger partial charge on any atom is 0.410 e. The molecule has 0 saturated carbocycles. The number of hydrogen-bond donors (Lipinski definition) is 1. The van der Waals surface area contributed by atoms with Crippen molar-refractivity contribution >= 4 is 28.9 Å². The van der Waals surface area contributed by atoms with Gasteiger partial charge in [0.05, 0.1) is 23.7 Å². The highest BCUT2D eigenvalue weighted by molar-refractivity contribution is 6.00. The largest absolute Gasteiger partial charge is 0.444 e. The van der Waals surface area contributed by atoms with Gasteiger partial charge < -0.3 is 14.4 Å². The van der Waals surface area contributed by atoms with E-state index in [0.717, 1.165) is 18.4 Å². The topological polar surface area (TPSA) is 112 Å². The van der Waals surface area contributed by atoms with Gasteiger partial charge in [0.25, 0.3) is 0 Å². The third kappa shape index (κ3) is 6.23. The first-order chi connectivity index (χ1) is 17.5. The van der Waals surface area contributed by atoms with Gasteiger partial charge in [0.1, 0.15) is 11.6 Å². The fourth-order valence-corrected chi connectivity index (χ4v) is 4.64. The molecule has 3 heterocycles. The van der Waals surface area contributed by atoms with Crippen LogP contribution in [0, 0.1) is 11.8 Å². The molecular formula is C27H34N4O6. The molecule has 198 valence electrons. The van der Waals surface area contributed by atoms with E-state index in [9.17, 15) is 19.2 Å². The molecule has 0 radical (unpaired) electrons. The van der Waals surface area contributed by atoms with E-state index >= 15 is 0 Å². The van der Waals surface area contributed by atoms with Crippen LogP contribution < -0.4 is 11.0 Å². The minimum absolute atomic E-state index is 0.0957. The molecular weight excluding hydrogens is 476 g/mol. The smallest absolute Gasteiger partial charge is 0.410 e. The number of rotatable bonds is 4. The molecule has 2 saturated heterocycles. The number of amides is 3. The van der Waals surface area contributed by atoms with Gasteiger partial charge in [0, 0.05) is 38.5 Å². The van der Waals surface area contributed by atoms with Crippen molar-refractivity contribution in [3.05, 3.63) is 34.2 Å². The summed E-state index contributed by atoms with van der Waals surface area (Å²) in [6.45, 7) is 7.30. The zero-order valence-electron chi connectivity index (χ0n) is 21.8. The lowest BCUT2D eigenvalue weighted by Crippen LogP contribution is -2.44. The van der Waals surface area contributed by atoms with E-state index in [-0.39, 0.29) is 30.2 Å². The second-order valence-electron chi connectivity index (χ2n) is 10.5. The number of nitrogens with zero attached hydrogens (tertiary/aromatic N) is 3. The molecule has 1 N–H and O–H groups in total. The van der Waals surface area contributed by atoms with Gasteiger partial charge in [-0.05, 0) is 58.2 Å². The number of ether oxygens (including phenoxy) is 2. The van der Waals surface area contributed by atoms with Gasteiger partial charge in [-0.15, -0.1) is 0 Å². The third-order valence-electron chi connectivity index (χ3n) is 6.52. The molecule has 1 aromatic heterocycles. The van der Waals surface area contributed by atoms with Crippen LogP contribution in [0.1, 0.15) is 64.5 Å². The summed E-state index contributed by atoms with van der Waals surface area (Å²) in [7, 11) is 1.66. The molecule has 4 rings (SSSR count). The summed E-state index contributed by atoms with van der Waals surface area (Å²) < 4.78 is 14.3. The highest BCUT2D eigenvalue weighted by Gasteiger charge is 2.31. The minimum atomic E-state index is -0.709. The van der Waals surface area contributed by atoms with Crippen LogP contribution in [0.3, 0.4) is 0 Å². The van der Waals surface area contributed by atoms with Crippen LogP contribution in [0.5, 0.6) is 0 Å². The predicted molar refractivity (Wildman–Crippen MR) is 137 cm³/mol. The number of imidazole rings is 1. The van der Waals surface area contributed by atoms with Crippen LogP contribution in [0.2, 0.25) is 0 Å². The van der Waals surface area contributed by atoms with E-state index in [2.05, 4.69) is 17.2 Å². The predicted octanol–water partition coefficient (Wildman–Crippen LogP) is 2.48. The van der Waals surface area contributed by atoms with Crippen LogP contribution in [0.25, 0.3) is 11.0 Å². The Morgan fingerprint density at radius 3 is 2.51 bits per heavy atom. The van der Waals surface area contributed by atoms with Crippen LogP contribution in [0.4, 0.5) is 4.79 Å². The number of imide groups is 1. The number of carbonyl (C=O) groups excluding carboxylic acids is 3. The summed E-state index contributed by atoms with van der Waals surface area (Å²) in [5.74, 6) is 5.47. The Morgan fingerprint density at radius 1 is 1.11 bits per heavy atom. The minimum Gasteiger partial charge on any atom is -0.444 e. The monoisotopic (exact) mass is 510 g/mol. The SMILES string of the molecule is Cn1c(=O)n(C2CCC(=O)NC2=O)c2ccc(C#CCCOC3CCN(C(=O)OC(C)(C)C)CC3)cc21. The molecule has 0 aliphatic carbocycles. The van der Waals surface area contributed by atoms with Crippen molar-refractivity contribution in [2.24, 2.45) is 7.05 Å². The molecule has 0 spiro atoms. The Hall–Kier alpha value is -3.58. The molecule has 37 heavy (non-hydrogen) atoms. The molecule has 1 atom stereocenters. The normalized spacial score (nSPS) is 18.9. The number of hydrogen-bond acceptors (Lipinski definition) is 6. The Balaban J connectivity index is 1.31. The van der Waals surface area contributed by atoms with Gasteiger partial charge in [0.15, 0.2) is 0 Å². The number of fused-ring (bicyclic) bond motifs is 1. The van der Waals surface area contributed by atoms with Crippen LogP contribution >= 0.6 is 0 Å².